The fourth-order valence-electron chi connectivity index (χ4n) is 1.35. The molecule has 0 aliphatic carbocycles. The van der Waals surface area contributed by atoms with Crippen molar-refractivity contribution in [1.82, 2.24) is 5.32 Å². The number of carbonyl (C=O) groups is 2. The molecule has 1 rings (SSSR count). The summed E-state index contributed by atoms with van der Waals surface area (Å²) >= 11 is 5.62. The molecule has 1 aromatic rings. The van der Waals surface area contributed by atoms with E-state index in [1.165, 1.54) is 6.07 Å². The number of carbonyl (C=O) groups excluding carboxylic acids is 2. The van der Waals surface area contributed by atoms with E-state index in [-0.39, 0.29) is 23.6 Å². The first-order chi connectivity index (χ1) is 9.95. The maximum absolute atomic E-state index is 11.7. The Labute approximate surface area is 124 Å². The lowest BCUT2D eigenvalue weighted by atomic mass is 10.2. The van der Waals surface area contributed by atoms with Crippen LogP contribution >= 0.6 is 11.6 Å². The average Bonchev–Trinajstić information content (AvgIpc) is 2.44. The normalized spacial score (nSPS) is 9.52. The highest BCUT2D eigenvalue weighted by molar-refractivity contribution is 6.31. The van der Waals surface area contributed by atoms with Crippen molar-refractivity contribution in [2.45, 2.75) is 6.42 Å². The molecule has 0 aromatic heterocycles. The van der Waals surface area contributed by atoms with Crippen LogP contribution in [0.25, 0.3) is 0 Å². The van der Waals surface area contributed by atoms with Crippen LogP contribution in [0.2, 0.25) is 5.02 Å². The lowest BCUT2D eigenvalue weighted by Crippen LogP contribution is -2.29. The molecule has 21 heavy (non-hydrogen) atoms. The SMILES string of the molecule is N#CCCNC(=O)COC(=O)c1ccc(Cl)cc1[N+](=O)[O-]. The summed E-state index contributed by atoms with van der Waals surface area (Å²) in [6, 6.07) is 5.30. The number of halogens is 1. The summed E-state index contributed by atoms with van der Waals surface area (Å²) < 4.78 is 4.67. The number of nitro benzene ring substituents is 1. The van der Waals surface area contributed by atoms with Crippen LogP contribution in [0.4, 0.5) is 5.69 Å². The van der Waals surface area contributed by atoms with E-state index in [4.69, 9.17) is 16.9 Å². The molecule has 8 nitrogen and oxygen atoms in total. The van der Waals surface area contributed by atoms with Crippen LogP contribution in [-0.4, -0.2) is 30.0 Å². The van der Waals surface area contributed by atoms with Crippen LogP contribution in [-0.2, 0) is 9.53 Å². The van der Waals surface area contributed by atoms with Gasteiger partial charge in [-0.2, -0.15) is 5.26 Å². The summed E-state index contributed by atoms with van der Waals surface area (Å²) in [6.07, 6.45) is 0.127. The molecule has 9 heteroatoms. The summed E-state index contributed by atoms with van der Waals surface area (Å²) in [5.74, 6) is -1.61. The molecule has 1 aromatic carbocycles. The number of ether oxygens (including phenoxy) is 1. The first-order valence-corrected chi connectivity index (χ1v) is 6.08. The van der Waals surface area contributed by atoms with Gasteiger partial charge in [-0.1, -0.05) is 11.6 Å². The van der Waals surface area contributed by atoms with Gasteiger partial charge in [0.1, 0.15) is 5.56 Å². The summed E-state index contributed by atoms with van der Waals surface area (Å²) in [5, 5.41) is 21.6. The second kappa shape index (κ2) is 7.81. The average molecular weight is 312 g/mol. The Bertz CT molecular complexity index is 611. The minimum absolute atomic E-state index is 0.104. The zero-order valence-corrected chi connectivity index (χ0v) is 11.4. The van der Waals surface area contributed by atoms with Crippen molar-refractivity contribution in [1.29, 1.82) is 5.26 Å². The Morgan fingerprint density at radius 2 is 2.19 bits per heavy atom. The van der Waals surface area contributed by atoms with Crippen LogP contribution in [0, 0.1) is 21.4 Å². The van der Waals surface area contributed by atoms with Gasteiger partial charge in [0.25, 0.3) is 11.6 Å². The standard InChI is InChI=1S/C12H10ClN3O5/c13-8-2-3-9(10(6-8)16(19)20)12(18)21-7-11(17)15-5-1-4-14/h2-3,6H,1,5,7H2,(H,15,17). The molecule has 1 N–H and O–H groups in total. The van der Waals surface area contributed by atoms with Gasteiger partial charge in [0.05, 0.1) is 17.4 Å². The number of nitrogens with one attached hydrogen (secondary N) is 1. The number of nitriles is 1. The third-order valence-electron chi connectivity index (χ3n) is 2.27. The fourth-order valence-corrected chi connectivity index (χ4v) is 1.51. The van der Waals surface area contributed by atoms with E-state index in [9.17, 15) is 19.7 Å². The zero-order valence-electron chi connectivity index (χ0n) is 10.7. The van der Waals surface area contributed by atoms with Crippen molar-refractivity contribution in [3.8, 4) is 6.07 Å². The Balaban J connectivity index is 2.66. The van der Waals surface area contributed by atoms with Crippen LogP contribution in [0.5, 0.6) is 0 Å². The van der Waals surface area contributed by atoms with Crippen LogP contribution in [0.15, 0.2) is 18.2 Å². The van der Waals surface area contributed by atoms with Gasteiger partial charge < -0.3 is 10.1 Å². The van der Waals surface area contributed by atoms with Gasteiger partial charge in [0.15, 0.2) is 6.61 Å². The minimum atomic E-state index is -1.01. The molecule has 0 aliphatic heterocycles. The molecule has 0 atom stereocenters. The number of esters is 1. The van der Waals surface area contributed by atoms with E-state index in [1.54, 1.807) is 0 Å². The minimum Gasteiger partial charge on any atom is -0.452 e. The molecule has 0 aliphatic rings. The molecular weight excluding hydrogens is 302 g/mol. The van der Waals surface area contributed by atoms with Crippen molar-refractivity contribution >= 4 is 29.2 Å². The third-order valence-corrected chi connectivity index (χ3v) is 2.50. The molecule has 0 heterocycles. The van der Waals surface area contributed by atoms with Crippen LogP contribution < -0.4 is 5.32 Å². The molecule has 0 unspecified atom stereocenters. The Hall–Kier alpha value is -2.66. The van der Waals surface area contributed by atoms with Gasteiger partial charge in [-0.3, -0.25) is 14.9 Å². The van der Waals surface area contributed by atoms with E-state index >= 15 is 0 Å². The van der Waals surface area contributed by atoms with E-state index < -0.39 is 29.1 Å². The van der Waals surface area contributed by atoms with Gasteiger partial charge in [-0.15, -0.1) is 0 Å². The Kier molecular flexibility index (Phi) is 6.10. The summed E-state index contributed by atoms with van der Waals surface area (Å²) in [6.45, 7) is -0.460. The van der Waals surface area contributed by atoms with Gasteiger partial charge >= 0.3 is 5.97 Å². The third kappa shape index (κ3) is 5.08. The fraction of sp³-hybridized carbons (Fsp3) is 0.250. The lowest BCUT2D eigenvalue weighted by Gasteiger charge is -2.06. The lowest BCUT2D eigenvalue weighted by molar-refractivity contribution is -0.385. The molecule has 0 fully saturated rings. The predicted molar refractivity (Wildman–Crippen MR) is 71.6 cm³/mol. The Morgan fingerprint density at radius 3 is 2.81 bits per heavy atom. The van der Waals surface area contributed by atoms with Crippen molar-refractivity contribution in [2.24, 2.45) is 0 Å². The first kappa shape index (κ1) is 16.4. The maximum Gasteiger partial charge on any atom is 0.345 e. The van der Waals surface area contributed by atoms with Crippen molar-refractivity contribution in [3.05, 3.63) is 38.9 Å². The first-order valence-electron chi connectivity index (χ1n) is 5.70. The molecule has 0 bridgehead atoms. The largest absolute Gasteiger partial charge is 0.452 e. The van der Waals surface area contributed by atoms with Crippen LogP contribution in [0.1, 0.15) is 16.8 Å². The van der Waals surface area contributed by atoms with Gasteiger partial charge in [0.2, 0.25) is 0 Å². The topological polar surface area (TPSA) is 122 Å². The van der Waals surface area contributed by atoms with Crippen molar-refractivity contribution < 1.29 is 19.2 Å². The van der Waals surface area contributed by atoms with E-state index in [2.05, 4.69) is 10.1 Å². The predicted octanol–water partition coefficient (Wildman–Crippen LogP) is 1.43. The molecule has 0 radical (unpaired) electrons. The molecule has 0 saturated carbocycles. The zero-order chi connectivity index (χ0) is 15.8. The van der Waals surface area contributed by atoms with Crippen molar-refractivity contribution in [3.63, 3.8) is 0 Å². The van der Waals surface area contributed by atoms with Crippen molar-refractivity contribution in [2.75, 3.05) is 13.2 Å². The van der Waals surface area contributed by atoms with E-state index in [0.29, 0.717) is 0 Å². The number of rotatable bonds is 6. The highest BCUT2D eigenvalue weighted by Gasteiger charge is 2.22. The molecule has 0 spiro atoms. The molecule has 1 amide bonds. The molecule has 0 saturated heterocycles. The van der Waals surface area contributed by atoms with Gasteiger partial charge in [0, 0.05) is 17.6 Å². The summed E-state index contributed by atoms with van der Waals surface area (Å²) in [5.41, 5.74) is -0.799. The van der Waals surface area contributed by atoms with Gasteiger partial charge in [-0.05, 0) is 12.1 Å². The number of amides is 1. The monoisotopic (exact) mass is 311 g/mol. The highest BCUT2D eigenvalue weighted by Crippen LogP contribution is 2.23. The summed E-state index contributed by atoms with van der Waals surface area (Å²) in [4.78, 5) is 33.0. The van der Waals surface area contributed by atoms with Gasteiger partial charge in [-0.25, -0.2) is 4.79 Å². The number of benzene rings is 1. The molecular formula is C12H10ClN3O5. The molecule has 110 valence electrons. The smallest absolute Gasteiger partial charge is 0.345 e. The quantitative estimate of drug-likeness (QED) is 0.367. The highest BCUT2D eigenvalue weighted by atomic mass is 35.5. The second-order valence-electron chi connectivity index (χ2n) is 3.75. The maximum atomic E-state index is 11.7. The Morgan fingerprint density at radius 1 is 1.48 bits per heavy atom. The van der Waals surface area contributed by atoms with E-state index in [0.717, 1.165) is 12.1 Å². The second-order valence-corrected chi connectivity index (χ2v) is 4.19. The number of nitro groups is 1. The van der Waals surface area contributed by atoms with E-state index in [1.807, 2.05) is 6.07 Å². The number of nitrogens with zero attached hydrogens (tertiary/aromatic N) is 2. The number of hydrogen-bond acceptors (Lipinski definition) is 6. The number of hydrogen-bond donors (Lipinski definition) is 1. The van der Waals surface area contributed by atoms with Crippen LogP contribution in [0.3, 0.4) is 0 Å². The summed E-state index contributed by atoms with van der Waals surface area (Å²) in [7, 11) is 0.